The molecule has 0 unspecified atom stereocenters. The van der Waals surface area contributed by atoms with Gasteiger partial charge in [-0.05, 0) is 31.0 Å². The van der Waals surface area contributed by atoms with E-state index in [9.17, 15) is 0 Å². The smallest absolute Gasteiger partial charge is 0.111 e. The van der Waals surface area contributed by atoms with Crippen molar-refractivity contribution in [3.05, 3.63) is 28.5 Å². The molecule has 1 aliphatic rings. The first-order valence-electron chi connectivity index (χ1n) is 7.02. The fraction of sp³-hybridized carbons (Fsp3) is 0.533. The van der Waals surface area contributed by atoms with Gasteiger partial charge in [-0.1, -0.05) is 35.2 Å². The maximum absolute atomic E-state index is 5.94. The van der Waals surface area contributed by atoms with Crippen molar-refractivity contribution in [2.24, 2.45) is 0 Å². The number of imidazole rings is 1. The molecule has 0 bridgehead atoms. The summed E-state index contributed by atoms with van der Waals surface area (Å²) in [6, 6.07) is 6.95. The van der Waals surface area contributed by atoms with Crippen molar-refractivity contribution in [1.29, 1.82) is 0 Å². The SMILES string of the molecule is ClCCc1nc2ccc(Br)cc2n1C1CCCCC1. The Kier molecular flexibility index (Phi) is 4.13. The third-order valence-electron chi connectivity index (χ3n) is 3.98. The highest BCUT2D eigenvalue weighted by atomic mass is 79.9. The van der Waals surface area contributed by atoms with Gasteiger partial charge in [-0.15, -0.1) is 11.6 Å². The average molecular weight is 342 g/mol. The zero-order valence-corrected chi connectivity index (χ0v) is 13.3. The molecule has 3 rings (SSSR count). The lowest BCUT2D eigenvalue weighted by molar-refractivity contribution is 0.353. The van der Waals surface area contributed by atoms with E-state index in [1.54, 1.807) is 0 Å². The summed E-state index contributed by atoms with van der Waals surface area (Å²) in [5.74, 6) is 1.78. The minimum atomic E-state index is 0.603. The van der Waals surface area contributed by atoms with Gasteiger partial charge in [-0.25, -0.2) is 4.98 Å². The molecule has 1 heterocycles. The molecule has 2 aromatic rings. The minimum absolute atomic E-state index is 0.603. The molecule has 1 aromatic carbocycles. The largest absolute Gasteiger partial charge is 0.325 e. The lowest BCUT2D eigenvalue weighted by atomic mass is 9.95. The van der Waals surface area contributed by atoms with Crippen LogP contribution in [-0.4, -0.2) is 15.4 Å². The van der Waals surface area contributed by atoms with Crippen molar-refractivity contribution in [3.63, 3.8) is 0 Å². The number of nitrogens with zero attached hydrogens (tertiary/aromatic N) is 2. The van der Waals surface area contributed by atoms with Crippen molar-refractivity contribution >= 4 is 38.6 Å². The molecule has 102 valence electrons. The second-order valence-electron chi connectivity index (χ2n) is 5.26. The van der Waals surface area contributed by atoms with E-state index in [0.29, 0.717) is 11.9 Å². The fourth-order valence-electron chi connectivity index (χ4n) is 3.12. The second-order valence-corrected chi connectivity index (χ2v) is 6.56. The monoisotopic (exact) mass is 340 g/mol. The molecule has 1 aromatic heterocycles. The molecule has 19 heavy (non-hydrogen) atoms. The summed E-state index contributed by atoms with van der Waals surface area (Å²) < 4.78 is 3.57. The van der Waals surface area contributed by atoms with Crippen molar-refractivity contribution in [3.8, 4) is 0 Å². The maximum Gasteiger partial charge on any atom is 0.111 e. The van der Waals surface area contributed by atoms with Crippen molar-refractivity contribution < 1.29 is 0 Å². The van der Waals surface area contributed by atoms with E-state index in [2.05, 4.69) is 38.7 Å². The molecule has 2 nitrogen and oxygen atoms in total. The Balaban J connectivity index is 2.11. The first-order valence-corrected chi connectivity index (χ1v) is 8.34. The Morgan fingerprint density at radius 2 is 2.05 bits per heavy atom. The average Bonchev–Trinajstić information content (AvgIpc) is 2.77. The van der Waals surface area contributed by atoms with Crippen LogP contribution in [0.25, 0.3) is 11.0 Å². The minimum Gasteiger partial charge on any atom is -0.325 e. The van der Waals surface area contributed by atoms with Gasteiger partial charge in [0.2, 0.25) is 0 Å². The Hall–Kier alpha value is -0.540. The number of fused-ring (bicyclic) bond motifs is 1. The van der Waals surface area contributed by atoms with Crippen LogP contribution in [0.4, 0.5) is 0 Å². The summed E-state index contributed by atoms with van der Waals surface area (Å²) in [5, 5.41) is 0. The normalized spacial score (nSPS) is 17.2. The van der Waals surface area contributed by atoms with E-state index in [1.807, 2.05) is 0 Å². The van der Waals surface area contributed by atoms with Gasteiger partial charge >= 0.3 is 0 Å². The molecule has 0 amide bonds. The van der Waals surface area contributed by atoms with Crippen LogP contribution in [-0.2, 0) is 6.42 Å². The third kappa shape index (κ3) is 2.68. The molecule has 0 spiro atoms. The number of aromatic nitrogens is 2. The van der Waals surface area contributed by atoms with Crippen LogP contribution in [0.5, 0.6) is 0 Å². The van der Waals surface area contributed by atoms with Crippen LogP contribution in [0, 0.1) is 0 Å². The van der Waals surface area contributed by atoms with Gasteiger partial charge in [0, 0.05) is 22.8 Å². The standard InChI is InChI=1S/C15H18BrClN2/c16-11-6-7-13-14(10-11)19(15(18-13)8-9-17)12-4-2-1-3-5-12/h6-7,10,12H,1-5,8-9H2. The molecule has 0 N–H and O–H groups in total. The Bertz CT molecular complexity index is 573. The Morgan fingerprint density at radius 3 is 2.79 bits per heavy atom. The Morgan fingerprint density at radius 1 is 1.26 bits per heavy atom. The number of halogens is 2. The molecule has 1 saturated carbocycles. The van der Waals surface area contributed by atoms with Crippen LogP contribution in [0.3, 0.4) is 0 Å². The van der Waals surface area contributed by atoms with E-state index in [-0.39, 0.29) is 0 Å². The van der Waals surface area contributed by atoms with Crippen molar-refractivity contribution in [1.82, 2.24) is 9.55 Å². The molecule has 4 heteroatoms. The number of hydrogen-bond acceptors (Lipinski definition) is 1. The second kappa shape index (κ2) is 5.84. The van der Waals surface area contributed by atoms with E-state index < -0.39 is 0 Å². The molecular weight excluding hydrogens is 324 g/mol. The summed E-state index contributed by atoms with van der Waals surface area (Å²) >= 11 is 9.51. The predicted octanol–water partition coefficient (Wildman–Crippen LogP) is 5.09. The number of alkyl halides is 1. The lowest BCUT2D eigenvalue weighted by Gasteiger charge is -2.25. The van der Waals surface area contributed by atoms with Crippen LogP contribution in [0.2, 0.25) is 0 Å². The van der Waals surface area contributed by atoms with Gasteiger partial charge < -0.3 is 4.57 Å². The van der Waals surface area contributed by atoms with Gasteiger partial charge in [0.15, 0.2) is 0 Å². The summed E-state index contributed by atoms with van der Waals surface area (Å²) in [7, 11) is 0. The van der Waals surface area contributed by atoms with Gasteiger partial charge in [0.05, 0.1) is 11.0 Å². The van der Waals surface area contributed by atoms with Crippen LogP contribution >= 0.6 is 27.5 Å². The highest BCUT2D eigenvalue weighted by Gasteiger charge is 2.21. The molecule has 1 aliphatic carbocycles. The fourth-order valence-corrected chi connectivity index (χ4v) is 3.64. The summed E-state index contributed by atoms with van der Waals surface area (Å²) in [5.41, 5.74) is 2.34. The van der Waals surface area contributed by atoms with E-state index in [4.69, 9.17) is 16.6 Å². The van der Waals surface area contributed by atoms with Crippen molar-refractivity contribution in [2.45, 2.75) is 44.6 Å². The third-order valence-corrected chi connectivity index (χ3v) is 4.66. The summed E-state index contributed by atoms with van der Waals surface area (Å²) in [6.45, 7) is 0. The molecule has 0 aliphatic heterocycles. The highest BCUT2D eigenvalue weighted by Crippen LogP contribution is 2.33. The van der Waals surface area contributed by atoms with Crippen LogP contribution < -0.4 is 0 Å². The summed E-state index contributed by atoms with van der Waals surface area (Å²) in [6.07, 6.45) is 7.43. The molecule has 0 saturated heterocycles. The van der Waals surface area contributed by atoms with Crippen LogP contribution in [0.1, 0.15) is 44.0 Å². The van der Waals surface area contributed by atoms with Gasteiger partial charge in [0.25, 0.3) is 0 Å². The van der Waals surface area contributed by atoms with E-state index >= 15 is 0 Å². The zero-order chi connectivity index (χ0) is 13.2. The highest BCUT2D eigenvalue weighted by molar-refractivity contribution is 9.10. The molecular formula is C15H18BrClN2. The van der Waals surface area contributed by atoms with Crippen molar-refractivity contribution in [2.75, 3.05) is 5.88 Å². The molecule has 0 atom stereocenters. The van der Waals surface area contributed by atoms with E-state index in [0.717, 1.165) is 22.2 Å². The lowest BCUT2D eigenvalue weighted by Crippen LogP contribution is -2.15. The summed E-state index contributed by atoms with van der Waals surface area (Å²) in [4.78, 5) is 4.78. The van der Waals surface area contributed by atoms with Gasteiger partial charge in [-0.3, -0.25) is 0 Å². The van der Waals surface area contributed by atoms with Gasteiger partial charge in [0.1, 0.15) is 5.82 Å². The quantitative estimate of drug-likeness (QED) is 0.711. The zero-order valence-electron chi connectivity index (χ0n) is 10.9. The van der Waals surface area contributed by atoms with E-state index in [1.165, 1.54) is 37.6 Å². The first kappa shape index (κ1) is 13.4. The maximum atomic E-state index is 5.94. The van der Waals surface area contributed by atoms with Gasteiger partial charge in [-0.2, -0.15) is 0 Å². The number of aryl methyl sites for hydroxylation is 1. The predicted molar refractivity (Wildman–Crippen MR) is 84.0 cm³/mol. The number of rotatable bonds is 3. The Labute approximate surface area is 127 Å². The molecule has 1 fully saturated rings. The topological polar surface area (TPSA) is 17.8 Å². The number of hydrogen-bond donors (Lipinski definition) is 0. The van der Waals surface area contributed by atoms with Crippen LogP contribution in [0.15, 0.2) is 22.7 Å². The number of benzene rings is 1. The first-order chi connectivity index (χ1) is 9.29. The molecule has 0 radical (unpaired) electrons.